The van der Waals surface area contributed by atoms with Gasteiger partial charge in [-0.05, 0) is 29.3 Å². The molecule has 2 aliphatic rings. The number of hydrogen-bond acceptors (Lipinski definition) is 4. The molecule has 5 nitrogen and oxygen atoms in total. The molecule has 5 heteroatoms. The van der Waals surface area contributed by atoms with Crippen LogP contribution in [0, 0.1) is 0 Å². The average Bonchev–Trinajstić information content (AvgIpc) is 2.59. The lowest BCUT2D eigenvalue weighted by atomic mass is 9.84. The van der Waals surface area contributed by atoms with Crippen LogP contribution in [0.15, 0.2) is 36.4 Å². The molecule has 1 amide bonds. The van der Waals surface area contributed by atoms with Crippen LogP contribution in [0.5, 0.6) is 17.2 Å². The van der Waals surface area contributed by atoms with E-state index < -0.39 is 0 Å². The maximum Gasteiger partial charge on any atom is 0.225 e. The SMILES string of the molecule is COc1ccc([C@@H]2CC(=O)Nc3cc4c(cc32)OCCO4)cc1. The summed E-state index contributed by atoms with van der Waals surface area (Å²) in [6, 6.07) is 11.7. The summed E-state index contributed by atoms with van der Waals surface area (Å²) < 4.78 is 16.5. The van der Waals surface area contributed by atoms with Crippen molar-refractivity contribution in [1.82, 2.24) is 0 Å². The van der Waals surface area contributed by atoms with Gasteiger partial charge in [0.2, 0.25) is 5.91 Å². The molecule has 118 valence electrons. The zero-order valence-electron chi connectivity index (χ0n) is 12.8. The van der Waals surface area contributed by atoms with Gasteiger partial charge in [-0.2, -0.15) is 0 Å². The van der Waals surface area contributed by atoms with Crippen molar-refractivity contribution in [2.75, 3.05) is 25.6 Å². The van der Waals surface area contributed by atoms with Gasteiger partial charge in [0.05, 0.1) is 7.11 Å². The Kier molecular flexibility index (Phi) is 3.33. The predicted octanol–water partition coefficient (Wildman–Crippen LogP) is 2.94. The van der Waals surface area contributed by atoms with Crippen LogP contribution in [0.4, 0.5) is 5.69 Å². The normalized spacial score (nSPS) is 18.8. The van der Waals surface area contributed by atoms with Crippen LogP contribution < -0.4 is 19.5 Å². The first kappa shape index (κ1) is 13.9. The molecule has 0 bridgehead atoms. The van der Waals surface area contributed by atoms with Gasteiger partial charge in [-0.1, -0.05) is 12.1 Å². The maximum absolute atomic E-state index is 12.1. The summed E-state index contributed by atoms with van der Waals surface area (Å²) in [5.74, 6) is 2.24. The van der Waals surface area contributed by atoms with Crippen LogP contribution in [-0.2, 0) is 4.79 Å². The van der Waals surface area contributed by atoms with Crippen LogP contribution in [0.1, 0.15) is 23.5 Å². The fraction of sp³-hybridized carbons (Fsp3) is 0.278. The minimum atomic E-state index is 0.000447. The highest BCUT2D eigenvalue weighted by atomic mass is 16.6. The Bertz CT molecular complexity index is 754. The zero-order chi connectivity index (χ0) is 15.8. The van der Waals surface area contributed by atoms with Gasteiger partial charge in [0.25, 0.3) is 0 Å². The standard InChI is InChI=1S/C18H17NO4/c1-21-12-4-2-11(3-5-12)13-9-18(20)19-15-10-17-16(8-14(13)15)22-6-7-23-17/h2-5,8,10,13H,6-7,9H2,1H3,(H,19,20)/t13-/m0/s1. The van der Waals surface area contributed by atoms with Gasteiger partial charge < -0.3 is 19.5 Å². The van der Waals surface area contributed by atoms with Crippen molar-refractivity contribution >= 4 is 11.6 Å². The van der Waals surface area contributed by atoms with Crippen LogP contribution in [0.2, 0.25) is 0 Å². The quantitative estimate of drug-likeness (QED) is 0.926. The van der Waals surface area contributed by atoms with E-state index in [9.17, 15) is 4.79 Å². The van der Waals surface area contributed by atoms with Gasteiger partial charge in [-0.3, -0.25) is 4.79 Å². The smallest absolute Gasteiger partial charge is 0.225 e. The highest BCUT2D eigenvalue weighted by Gasteiger charge is 2.29. The van der Waals surface area contributed by atoms with Crippen molar-refractivity contribution in [2.24, 2.45) is 0 Å². The molecule has 0 aliphatic carbocycles. The number of fused-ring (bicyclic) bond motifs is 2. The van der Waals surface area contributed by atoms with E-state index in [2.05, 4.69) is 5.32 Å². The highest BCUT2D eigenvalue weighted by Crippen LogP contribution is 2.44. The van der Waals surface area contributed by atoms with E-state index in [4.69, 9.17) is 14.2 Å². The second kappa shape index (κ2) is 5.50. The summed E-state index contributed by atoms with van der Waals surface area (Å²) in [5, 5.41) is 2.93. The number of methoxy groups -OCH3 is 1. The van der Waals surface area contributed by atoms with E-state index in [1.165, 1.54) is 0 Å². The third-order valence-corrected chi connectivity index (χ3v) is 4.27. The minimum Gasteiger partial charge on any atom is -0.497 e. The fourth-order valence-electron chi connectivity index (χ4n) is 3.13. The molecule has 0 saturated carbocycles. The van der Waals surface area contributed by atoms with Crippen LogP contribution in [0.25, 0.3) is 0 Å². The van der Waals surface area contributed by atoms with Gasteiger partial charge in [0, 0.05) is 24.1 Å². The Labute approximate surface area is 134 Å². The lowest BCUT2D eigenvalue weighted by Gasteiger charge is -2.29. The fourth-order valence-corrected chi connectivity index (χ4v) is 3.13. The van der Waals surface area contributed by atoms with Gasteiger partial charge in [0.1, 0.15) is 19.0 Å². The topological polar surface area (TPSA) is 56.8 Å². The third kappa shape index (κ3) is 2.48. The number of nitrogens with one attached hydrogen (secondary N) is 1. The number of rotatable bonds is 2. The second-order valence-corrected chi connectivity index (χ2v) is 5.66. The molecule has 23 heavy (non-hydrogen) atoms. The van der Waals surface area contributed by atoms with Crippen molar-refractivity contribution in [3.63, 3.8) is 0 Å². The van der Waals surface area contributed by atoms with E-state index in [1.807, 2.05) is 36.4 Å². The number of carbonyl (C=O) groups is 1. The van der Waals surface area contributed by atoms with Crippen LogP contribution >= 0.6 is 0 Å². The van der Waals surface area contributed by atoms with Gasteiger partial charge in [-0.15, -0.1) is 0 Å². The Morgan fingerprint density at radius 3 is 2.48 bits per heavy atom. The van der Waals surface area contributed by atoms with Gasteiger partial charge in [-0.25, -0.2) is 0 Å². The van der Waals surface area contributed by atoms with E-state index >= 15 is 0 Å². The van der Waals surface area contributed by atoms with Crippen LogP contribution in [0.3, 0.4) is 0 Å². The number of hydrogen-bond donors (Lipinski definition) is 1. The number of amides is 1. The first-order valence-electron chi connectivity index (χ1n) is 7.62. The third-order valence-electron chi connectivity index (χ3n) is 4.27. The molecule has 0 fully saturated rings. The summed E-state index contributed by atoms with van der Waals surface area (Å²) >= 11 is 0. The molecule has 0 spiro atoms. The summed E-state index contributed by atoms with van der Waals surface area (Å²) in [6.45, 7) is 1.08. The van der Waals surface area contributed by atoms with Gasteiger partial charge in [0.15, 0.2) is 11.5 Å². The molecule has 2 aromatic carbocycles. The first-order chi connectivity index (χ1) is 11.2. The van der Waals surface area contributed by atoms with Crippen molar-refractivity contribution in [3.05, 3.63) is 47.5 Å². The number of benzene rings is 2. The van der Waals surface area contributed by atoms with Gasteiger partial charge >= 0.3 is 0 Å². The minimum absolute atomic E-state index is 0.000447. The Hall–Kier alpha value is -2.69. The molecule has 2 aromatic rings. The summed E-state index contributed by atoms with van der Waals surface area (Å²) in [5.41, 5.74) is 2.93. The van der Waals surface area contributed by atoms with Crippen LogP contribution in [-0.4, -0.2) is 26.2 Å². The van der Waals surface area contributed by atoms with Crippen molar-refractivity contribution in [2.45, 2.75) is 12.3 Å². The molecular formula is C18H17NO4. The largest absolute Gasteiger partial charge is 0.497 e. The Balaban J connectivity index is 1.78. The molecule has 1 N–H and O–H groups in total. The second-order valence-electron chi connectivity index (χ2n) is 5.66. The molecule has 1 atom stereocenters. The summed E-state index contributed by atoms with van der Waals surface area (Å²) in [4.78, 5) is 12.1. The van der Waals surface area contributed by atoms with Crippen molar-refractivity contribution in [1.29, 1.82) is 0 Å². The zero-order valence-corrected chi connectivity index (χ0v) is 12.8. The number of ether oxygens (including phenoxy) is 3. The summed E-state index contributed by atoms with van der Waals surface area (Å²) in [6.07, 6.45) is 0.416. The predicted molar refractivity (Wildman–Crippen MR) is 85.5 cm³/mol. The van der Waals surface area contributed by atoms with E-state index in [0.717, 1.165) is 28.3 Å². The van der Waals surface area contributed by atoms with E-state index in [0.29, 0.717) is 25.4 Å². The lowest BCUT2D eigenvalue weighted by molar-refractivity contribution is -0.116. The molecule has 0 saturated heterocycles. The lowest BCUT2D eigenvalue weighted by Crippen LogP contribution is -2.24. The van der Waals surface area contributed by atoms with E-state index in [1.54, 1.807) is 7.11 Å². The maximum atomic E-state index is 12.1. The molecule has 4 rings (SSSR count). The number of anilines is 1. The highest BCUT2D eigenvalue weighted by molar-refractivity contribution is 5.96. The Morgan fingerprint density at radius 2 is 1.78 bits per heavy atom. The number of carbonyl (C=O) groups excluding carboxylic acids is 1. The summed E-state index contributed by atoms with van der Waals surface area (Å²) in [7, 11) is 1.64. The monoisotopic (exact) mass is 311 g/mol. The first-order valence-corrected chi connectivity index (χ1v) is 7.62. The van der Waals surface area contributed by atoms with Crippen molar-refractivity contribution < 1.29 is 19.0 Å². The molecular weight excluding hydrogens is 294 g/mol. The van der Waals surface area contributed by atoms with Crippen molar-refractivity contribution in [3.8, 4) is 17.2 Å². The molecule has 2 heterocycles. The van der Waals surface area contributed by atoms with E-state index in [-0.39, 0.29) is 11.8 Å². The molecule has 2 aliphatic heterocycles. The molecule has 0 radical (unpaired) electrons. The Morgan fingerprint density at radius 1 is 1.09 bits per heavy atom. The molecule has 0 aromatic heterocycles. The molecule has 0 unspecified atom stereocenters. The average molecular weight is 311 g/mol.